The van der Waals surface area contributed by atoms with Crippen molar-refractivity contribution in [2.75, 3.05) is 20.1 Å². The SMILES string of the molecule is CN(C(=O)O)C1CCN(Cc2ccccc2)CC1. The van der Waals surface area contributed by atoms with E-state index < -0.39 is 6.09 Å². The fourth-order valence-corrected chi connectivity index (χ4v) is 2.46. The van der Waals surface area contributed by atoms with E-state index in [9.17, 15) is 4.79 Å². The lowest BCUT2D eigenvalue weighted by Crippen LogP contribution is -2.44. The first-order valence-electron chi connectivity index (χ1n) is 6.39. The second-order valence-corrected chi connectivity index (χ2v) is 4.89. The van der Waals surface area contributed by atoms with Crippen molar-refractivity contribution < 1.29 is 9.90 Å². The van der Waals surface area contributed by atoms with Gasteiger partial charge in [0.15, 0.2) is 0 Å². The summed E-state index contributed by atoms with van der Waals surface area (Å²) in [4.78, 5) is 14.7. The Hall–Kier alpha value is -1.55. The van der Waals surface area contributed by atoms with E-state index in [1.54, 1.807) is 7.05 Å². The summed E-state index contributed by atoms with van der Waals surface area (Å²) >= 11 is 0. The zero-order chi connectivity index (χ0) is 13.0. The predicted molar refractivity (Wildman–Crippen MR) is 70.5 cm³/mol. The molecular weight excluding hydrogens is 228 g/mol. The van der Waals surface area contributed by atoms with E-state index in [4.69, 9.17) is 5.11 Å². The Morgan fingerprint density at radius 1 is 1.33 bits per heavy atom. The summed E-state index contributed by atoms with van der Waals surface area (Å²) in [5.41, 5.74) is 1.32. The monoisotopic (exact) mass is 248 g/mol. The van der Waals surface area contributed by atoms with Crippen LogP contribution in [0.3, 0.4) is 0 Å². The van der Waals surface area contributed by atoms with Crippen molar-refractivity contribution in [3.8, 4) is 0 Å². The summed E-state index contributed by atoms with van der Waals surface area (Å²) in [5, 5.41) is 8.95. The number of carboxylic acid groups (broad SMARTS) is 1. The molecule has 0 atom stereocenters. The summed E-state index contributed by atoms with van der Waals surface area (Å²) in [6, 6.07) is 10.6. The first kappa shape index (κ1) is 12.9. The summed E-state index contributed by atoms with van der Waals surface area (Å²) in [7, 11) is 1.67. The zero-order valence-corrected chi connectivity index (χ0v) is 10.7. The standard InChI is InChI=1S/C14H20N2O2/c1-15(14(17)18)13-7-9-16(10-8-13)11-12-5-3-2-4-6-12/h2-6,13H,7-11H2,1H3,(H,17,18). The number of benzene rings is 1. The van der Waals surface area contributed by atoms with Crippen LogP contribution in [0.1, 0.15) is 18.4 Å². The molecule has 0 saturated carbocycles. The highest BCUT2D eigenvalue weighted by Crippen LogP contribution is 2.17. The maximum Gasteiger partial charge on any atom is 0.407 e. The summed E-state index contributed by atoms with van der Waals surface area (Å²) < 4.78 is 0. The number of carbonyl (C=O) groups is 1. The highest BCUT2D eigenvalue weighted by Gasteiger charge is 2.24. The van der Waals surface area contributed by atoms with Crippen molar-refractivity contribution in [3.63, 3.8) is 0 Å². The molecule has 1 heterocycles. The van der Waals surface area contributed by atoms with Gasteiger partial charge in [-0.1, -0.05) is 30.3 Å². The van der Waals surface area contributed by atoms with Crippen LogP contribution in [0.5, 0.6) is 0 Å². The number of nitrogens with zero attached hydrogens (tertiary/aromatic N) is 2. The van der Waals surface area contributed by atoms with Crippen molar-refractivity contribution in [1.82, 2.24) is 9.80 Å². The Morgan fingerprint density at radius 3 is 2.50 bits per heavy atom. The number of rotatable bonds is 3. The van der Waals surface area contributed by atoms with Crippen LogP contribution < -0.4 is 0 Å². The van der Waals surface area contributed by atoms with Gasteiger partial charge in [-0.25, -0.2) is 4.79 Å². The van der Waals surface area contributed by atoms with Crippen molar-refractivity contribution >= 4 is 6.09 Å². The molecule has 1 N–H and O–H groups in total. The van der Waals surface area contributed by atoms with Gasteiger partial charge in [0, 0.05) is 32.7 Å². The molecule has 18 heavy (non-hydrogen) atoms. The van der Waals surface area contributed by atoms with E-state index in [0.29, 0.717) is 0 Å². The third-order valence-corrected chi connectivity index (χ3v) is 3.66. The normalized spacial score (nSPS) is 17.6. The molecule has 98 valence electrons. The van der Waals surface area contributed by atoms with E-state index in [1.165, 1.54) is 10.5 Å². The Morgan fingerprint density at radius 2 is 1.94 bits per heavy atom. The summed E-state index contributed by atoms with van der Waals surface area (Å²) in [5.74, 6) is 0. The topological polar surface area (TPSA) is 43.8 Å². The third kappa shape index (κ3) is 3.23. The van der Waals surface area contributed by atoms with Gasteiger partial charge in [0.1, 0.15) is 0 Å². The van der Waals surface area contributed by atoms with Gasteiger partial charge in [-0.15, -0.1) is 0 Å². The second-order valence-electron chi connectivity index (χ2n) is 4.89. The van der Waals surface area contributed by atoms with Gasteiger partial charge in [-0.3, -0.25) is 4.90 Å². The van der Waals surface area contributed by atoms with Gasteiger partial charge in [0.25, 0.3) is 0 Å². The lowest BCUT2D eigenvalue weighted by molar-refractivity contribution is 0.103. The molecule has 4 heteroatoms. The summed E-state index contributed by atoms with van der Waals surface area (Å²) in [6.45, 7) is 2.90. The molecule has 0 aliphatic carbocycles. The Kier molecular flexibility index (Phi) is 4.20. The maximum absolute atomic E-state index is 10.9. The zero-order valence-electron chi connectivity index (χ0n) is 10.7. The lowest BCUT2D eigenvalue weighted by Gasteiger charge is -2.35. The molecule has 4 nitrogen and oxygen atoms in total. The van der Waals surface area contributed by atoms with Crippen LogP contribution in [0.4, 0.5) is 4.79 Å². The lowest BCUT2D eigenvalue weighted by atomic mass is 10.0. The van der Waals surface area contributed by atoms with Gasteiger partial charge in [0.2, 0.25) is 0 Å². The Balaban J connectivity index is 1.82. The van der Waals surface area contributed by atoms with Gasteiger partial charge >= 0.3 is 6.09 Å². The van der Waals surface area contributed by atoms with E-state index in [1.807, 2.05) is 6.07 Å². The molecular formula is C14H20N2O2. The van der Waals surface area contributed by atoms with Crippen LogP contribution >= 0.6 is 0 Å². The minimum absolute atomic E-state index is 0.175. The second kappa shape index (κ2) is 5.87. The minimum Gasteiger partial charge on any atom is -0.465 e. The van der Waals surface area contributed by atoms with E-state index in [2.05, 4.69) is 29.2 Å². The number of piperidine rings is 1. The number of hydrogen-bond donors (Lipinski definition) is 1. The van der Waals surface area contributed by atoms with Gasteiger partial charge in [-0.05, 0) is 18.4 Å². The highest BCUT2D eigenvalue weighted by molar-refractivity contribution is 5.64. The van der Waals surface area contributed by atoms with Gasteiger partial charge < -0.3 is 10.0 Å². The smallest absolute Gasteiger partial charge is 0.407 e. The molecule has 1 aliphatic heterocycles. The predicted octanol–water partition coefficient (Wildman–Crippen LogP) is 2.26. The van der Waals surface area contributed by atoms with Gasteiger partial charge in [-0.2, -0.15) is 0 Å². The van der Waals surface area contributed by atoms with Crippen LogP contribution in [-0.4, -0.2) is 47.2 Å². The average Bonchev–Trinajstić information content (AvgIpc) is 2.40. The number of amides is 1. The largest absolute Gasteiger partial charge is 0.465 e. The van der Waals surface area contributed by atoms with Crippen LogP contribution in [-0.2, 0) is 6.54 Å². The minimum atomic E-state index is -0.823. The molecule has 1 fully saturated rings. The Labute approximate surface area is 108 Å². The molecule has 1 aromatic carbocycles. The van der Waals surface area contributed by atoms with E-state index in [0.717, 1.165) is 32.5 Å². The Bertz CT molecular complexity index is 386. The molecule has 1 aliphatic rings. The van der Waals surface area contributed by atoms with E-state index in [-0.39, 0.29) is 6.04 Å². The first-order chi connectivity index (χ1) is 8.66. The molecule has 2 rings (SSSR count). The molecule has 0 aromatic heterocycles. The fourth-order valence-electron chi connectivity index (χ4n) is 2.46. The molecule has 1 amide bonds. The first-order valence-corrected chi connectivity index (χ1v) is 6.39. The molecule has 0 bridgehead atoms. The molecule has 0 radical (unpaired) electrons. The van der Waals surface area contributed by atoms with Crippen molar-refractivity contribution in [2.45, 2.75) is 25.4 Å². The molecule has 0 spiro atoms. The number of likely N-dealkylation sites (tertiary alicyclic amines) is 1. The van der Waals surface area contributed by atoms with E-state index >= 15 is 0 Å². The molecule has 1 aromatic rings. The van der Waals surface area contributed by atoms with Crippen molar-refractivity contribution in [2.24, 2.45) is 0 Å². The van der Waals surface area contributed by atoms with Crippen LogP contribution in [0, 0.1) is 0 Å². The average molecular weight is 248 g/mol. The molecule has 1 saturated heterocycles. The number of hydrogen-bond acceptors (Lipinski definition) is 2. The highest BCUT2D eigenvalue weighted by atomic mass is 16.4. The maximum atomic E-state index is 10.9. The van der Waals surface area contributed by atoms with Crippen LogP contribution in [0.25, 0.3) is 0 Å². The van der Waals surface area contributed by atoms with Crippen molar-refractivity contribution in [1.29, 1.82) is 0 Å². The quantitative estimate of drug-likeness (QED) is 0.892. The fraction of sp³-hybridized carbons (Fsp3) is 0.500. The van der Waals surface area contributed by atoms with Gasteiger partial charge in [0.05, 0.1) is 0 Å². The van der Waals surface area contributed by atoms with Crippen molar-refractivity contribution in [3.05, 3.63) is 35.9 Å². The summed E-state index contributed by atoms with van der Waals surface area (Å²) in [6.07, 6.45) is 1.03. The third-order valence-electron chi connectivity index (χ3n) is 3.66. The van der Waals surface area contributed by atoms with Crippen LogP contribution in [0.2, 0.25) is 0 Å². The molecule has 0 unspecified atom stereocenters. The van der Waals surface area contributed by atoms with Crippen LogP contribution in [0.15, 0.2) is 30.3 Å².